The highest BCUT2D eigenvalue weighted by molar-refractivity contribution is 5.85. The number of nitrogens with two attached hydrogens (primary N) is 1. The summed E-state index contributed by atoms with van der Waals surface area (Å²) in [5.41, 5.74) is 8.10. The van der Waals surface area contributed by atoms with Crippen molar-refractivity contribution in [1.29, 1.82) is 0 Å². The molecule has 0 spiro atoms. The maximum absolute atomic E-state index is 11.9. The standard InChI is InChI=1S/C15H23N3O.ClH/c1-12(16)15(19)17(2)11-13-7-3-4-8-14(13)18-9-5-6-10-18;/h3-4,7-8,12H,5-6,9-11,16H2,1-2H3;1H. The average Bonchev–Trinajstić information content (AvgIpc) is 2.92. The van der Waals surface area contributed by atoms with Gasteiger partial charge in [0.15, 0.2) is 0 Å². The number of benzene rings is 1. The second-order valence-electron chi connectivity index (χ2n) is 5.31. The minimum atomic E-state index is -0.441. The number of halogens is 1. The van der Waals surface area contributed by atoms with Gasteiger partial charge >= 0.3 is 0 Å². The van der Waals surface area contributed by atoms with Crippen molar-refractivity contribution in [1.82, 2.24) is 4.90 Å². The fraction of sp³-hybridized carbons (Fsp3) is 0.533. The topological polar surface area (TPSA) is 49.6 Å². The van der Waals surface area contributed by atoms with Crippen LogP contribution in [0.4, 0.5) is 5.69 Å². The van der Waals surface area contributed by atoms with E-state index in [9.17, 15) is 4.79 Å². The van der Waals surface area contributed by atoms with E-state index in [1.165, 1.54) is 24.1 Å². The van der Waals surface area contributed by atoms with Crippen LogP contribution in [0.15, 0.2) is 24.3 Å². The van der Waals surface area contributed by atoms with Crippen LogP contribution in [0.1, 0.15) is 25.3 Å². The minimum absolute atomic E-state index is 0. The zero-order valence-electron chi connectivity index (χ0n) is 12.2. The summed E-state index contributed by atoms with van der Waals surface area (Å²) in [6, 6.07) is 7.89. The molecule has 2 rings (SSSR count). The third kappa shape index (κ3) is 3.87. The molecule has 1 unspecified atom stereocenters. The van der Waals surface area contributed by atoms with Crippen molar-refractivity contribution >= 4 is 24.0 Å². The zero-order valence-corrected chi connectivity index (χ0v) is 13.0. The van der Waals surface area contributed by atoms with Gasteiger partial charge in [0.1, 0.15) is 0 Å². The molecule has 1 saturated heterocycles. The summed E-state index contributed by atoms with van der Waals surface area (Å²) in [6.45, 7) is 4.57. The molecule has 0 bridgehead atoms. The lowest BCUT2D eigenvalue weighted by Gasteiger charge is -2.25. The first-order chi connectivity index (χ1) is 9.09. The quantitative estimate of drug-likeness (QED) is 0.925. The van der Waals surface area contributed by atoms with Gasteiger partial charge in [-0.3, -0.25) is 4.79 Å². The van der Waals surface area contributed by atoms with Crippen molar-refractivity contribution in [2.75, 3.05) is 25.0 Å². The lowest BCUT2D eigenvalue weighted by atomic mass is 10.1. The predicted molar refractivity (Wildman–Crippen MR) is 85.3 cm³/mol. The van der Waals surface area contributed by atoms with Crippen molar-refractivity contribution in [3.8, 4) is 0 Å². The van der Waals surface area contributed by atoms with E-state index in [-0.39, 0.29) is 18.3 Å². The number of carbonyl (C=O) groups excluding carboxylic acids is 1. The number of anilines is 1. The molecule has 20 heavy (non-hydrogen) atoms. The molecule has 1 aromatic carbocycles. The fourth-order valence-electron chi connectivity index (χ4n) is 2.59. The van der Waals surface area contributed by atoms with Gasteiger partial charge in [-0.05, 0) is 31.4 Å². The first-order valence-electron chi connectivity index (χ1n) is 6.93. The highest BCUT2D eigenvalue weighted by atomic mass is 35.5. The summed E-state index contributed by atoms with van der Waals surface area (Å²) in [5.74, 6) is -0.0174. The summed E-state index contributed by atoms with van der Waals surface area (Å²) < 4.78 is 0. The molecule has 5 heteroatoms. The number of hydrogen-bond donors (Lipinski definition) is 1. The number of nitrogens with zero attached hydrogens (tertiary/aromatic N) is 2. The Hall–Kier alpha value is -1.26. The Labute approximate surface area is 127 Å². The Balaban J connectivity index is 0.00000200. The van der Waals surface area contributed by atoms with Crippen LogP contribution in [0.2, 0.25) is 0 Å². The van der Waals surface area contributed by atoms with E-state index in [4.69, 9.17) is 5.73 Å². The van der Waals surface area contributed by atoms with Crippen LogP contribution in [0.5, 0.6) is 0 Å². The van der Waals surface area contributed by atoms with Gasteiger partial charge in [0.05, 0.1) is 6.04 Å². The SMILES string of the molecule is CC(N)C(=O)N(C)Cc1ccccc1N1CCCC1.Cl. The lowest BCUT2D eigenvalue weighted by Crippen LogP contribution is -2.39. The fourth-order valence-corrected chi connectivity index (χ4v) is 2.59. The molecule has 1 atom stereocenters. The van der Waals surface area contributed by atoms with E-state index in [0.29, 0.717) is 6.54 Å². The second-order valence-corrected chi connectivity index (χ2v) is 5.31. The van der Waals surface area contributed by atoms with Crippen molar-refractivity contribution in [2.45, 2.75) is 32.4 Å². The maximum Gasteiger partial charge on any atom is 0.239 e. The molecule has 0 radical (unpaired) electrons. The van der Waals surface area contributed by atoms with Gasteiger partial charge in [0, 0.05) is 32.4 Å². The van der Waals surface area contributed by atoms with Gasteiger partial charge in [0.25, 0.3) is 0 Å². The van der Waals surface area contributed by atoms with Crippen molar-refractivity contribution < 1.29 is 4.79 Å². The second kappa shape index (κ2) is 7.50. The number of para-hydroxylation sites is 1. The normalized spacial score (nSPS) is 15.7. The molecule has 4 nitrogen and oxygen atoms in total. The molecular formula is C15H24ClN3O. The molecule has 1 fully saturated rings. The summed E-state index contributed by atoms with van der Waals surface area (Å²) >= 11 is 0. The molecule has 112 valence electrons. The van der Waals surface area contributed by atoms with Crippen molar-refractivity contribution in [3.05, 3.63) is 29.8 Å². The average molecular weight is 298 g/mol. The molecular weight excluding hydrogens is 274 g/mol. The molecule has 1 amide bonds. The van der Waals surface area contributed by atoms with E-state index in [1.54, 1.807) is 11.8 Å². The third-order valence-corrected chi connectivity index (χ3v) is 3.61. The van der Waals surface area contributed by atoms with Gasteiger partial charge in [-0.1, -0.05) is 18.2 Å². The van der Waals surface area contributed by atoms with Gasteiger partial charge in [-0.15, -0.1) is 12.4 Å². The maximum atomic E-state index is 11.9. The van der Waals surface area contributed by atoms with Crippen LogP contribution < -0.4 is 10.6 Å². The summed E-state index contributed by atoms with van der Waals surface area (Å²) in [7, 11) is 1.81. The molecule has 1 aliphatic rings. The van der Waals surface area contributed by atoms with Gasteiger partial charge < -0.3 is 15.5 Å². The first kappa shape index (κ1) is 16.8. The third-order valence-electron chi connectivity index (χ3n) is 3.61. The van der Waals surface area contributed by atoms with Crippen LogP contribution in [0.25, 0.3) is 0 Å². The van der Waals surface area contributed by atoms with Crippen LogP contribution in [0.3, 0.4) is 0 Å². The molecule has 0 aliphatic carbocycles. The summed E-state index contributed by atoms with van der Waals surface area (Å²) in [5, 5.41) is 0. The summed E-state index contributed by atoms with van der Waals surface area (Å²) in [6.07, 6.45) is 2.51. The largest absolute Gasteiger partial charge is 0.371 e. The zero-order chi connectivity index (χ0) is 13.8. The number of likely N-dealkylation sites (N-methyl/N-ethyl adjacent to an activating group) is 1. The van der Waals surface area contributed by atoms with Crippen LogP contribution in [-0.2, 0) is 11.3 Å². The number of rotatable bonds is 4. The lowest BCUT2D eigenvalue weighted by molar-refractivity contribution is -0.131. The first-order valence-corrected chi connectivity index (χ1v) is 6.93. The number of amides is 1. The van der Waals surface area contributed by atoms with E-state index in [2.05, 4.69) is 23.1 Å². The summed E-state index contributed by atoms with van der Waals surface area (Å²) in [4.78, 5) is 16.0. The Morgan fingerprint density at radius 1 is 1.35 bits per heavy atom. The van der Waals surface area contributed by atoms with Gasteiger partial charge in [0.2, 0.25) is 5.91 Å². The Bertz CT molecular complexity index is 444. The Morgan fingerprint density at radius 3 is 2.55 bits per heavy atom. The van der Waals surface area contributed by atoms with Crippen LogP contribution >= 0.6 is 12.4 Å². The van der Waals surface area contributed by atoms with E-state index in [0.717, 1.165) is 13.1 Å². The smallest absolute Gasteiger partial charge is 0.239 e. The number of carbonyl (C=O) groups is 1. The highest BCUT2D eigenvalue weighted by Gasteiger charge is 2.18. The van der Waals surface area contributed by atoms with Crippen molar-refractivity contribution in [3.63, 3.8) is 0 Å². The van der Waals surface area contributed by atoms with E-state index in [1.807, 2.05) is 13.1 Å². The molecule has 0 aromatic heterocycles. The Morgan fingerprint density at radius 2 is 1.95 bits per heavy atom. The van der Waals surface area contributed by atoms with Gasteiger partial charge in [-0.25, -0.2) is 0 Å². The molecule has 2 N–H and O–H groups in total. The van der Waals surface area contributed by atoms with E-state index >= 15 is 0 Å². The molecule has 1 aromatic rings. The molecule has 1 aliphatic heterocycles. The molecule has 1 heterocycles. The molecule has 0 saturated carbocycles. The predicted octanol–water partition coefficient (Wildman–Crippen LogP) is 2.01. The van der Waals surface area contributed by atoms with Gasteiger partial charge in [-0.2, -0.15) is 0 Å². The van der Waals surface area contributed by atoms with Crippen molar-refractivity contribution in [2.24, 2.45) is 5.73 Å². The highest BCUT2D eigenvalue weighted by Crippen LogP contribution is 2.25. The van der Waals surface area contributed by atoms with E-state index < -0.39 is 6.04 Å². The van der Waals surface area contributed by atoms with Crippen LogP contribution in [-0.4, -0.2) is 37.0 Å². The number of hydrogen-bond acceptors (Lipinski definition) is 3. The van der Waals surface area contributed by atoms with Crippen LogP contribution in [0, 0.1) is 0 Å². The Kier molecular flexibility index (Phi) is 6.30. The monoisotopic (exact) mass is 297 g/mol. The minimum Gasteiger partial charge on any atom is -0.371 e.